The molecule has 0 aliphatic rings. The van der Waals surface area contributed by atoms with Gasteiger partial charge in [-0.15, -0.1) is 0 Å². The van der Waals surface area contributed by atoms with Crippen LogP contribution in [0.25, 0.3) is 10.9 Å². The third-order valence-corrected chi connectivity index (χ3v) is 4.07. The second kappa shape index (κ2) is 6.30. The summed E-state index contributed by atoms with van der Waals surface area (Å²) in [6.45, 7) is 2.37. The van der Waals surface area contributed by atoms with Gasteiger partial charge in [-0.2, -0.15) is 0 Å². The van der Waals surface area contributed by atoms with Crippen molar-refractivity contribution in [1.29, 1.82) is 0 Å². The van der Waals surface area contributed by atoms with Gasteiger partial charge in [0.2, 0.25) is 0 Å². The minimum atomic E-state index is -0.230. The number of hydrogen-bond acceptors (Lipinski definition) is 3. The van der Waals surface area contributed by atoms with Gasteiger partial charge >= 0.3 is 0 Å². The van der Waals surface area contributed by atoms with Gasteiger partial charge in [-0.05, 0) is 32.2 Å². The fourth-order valence-corrected chi connectivity index (χ4v) is 2.54. The van der Waals surface area contributed by atoms with Gasteiger partial charge in [-0.3, -0.25) is 9.69 Å². The standard InChI is InChI=1S/C18H18FN3O/c1-12(22(2)11-13-7-3-5-9-15(13)19)17-20-16-10-6-4-8-14(16)18(23)21-17/h3-10,12H,11H2,1-2H3,(H,20,21,23). The highest BCUT2D eigenvalue weighted by molar-refractivity contribution is 5.77. The third kappa shape index (κ3) is 3.14. The highest BCUT2D eigenvalue weighted by atomic mass is 19.1. The van der Waals surface area contributed by atoms with Crippen molar-refractivity contribution in [2.45, 2.75) is 19.5 Å². The Morgan fingerprint density at radius 1 is 1.17 bits per heavy atom. The summed E-state index contributed by atoms with van der Waals surface area (Å²) in [6, 6.07) is 13.8. The van der Waals surface area contributed by atoms with E-state index in [1.165, 1.54) is 6.07 Å². The molecule has 1 heterocycles. The normalized spacial score (nSPS) is 12.7. The number of aromatic amines is 1. The maximum atomic E-state index is 13.8. The second-order valence-corrected chi connectivity index (χ2v) is 5.65. The maximum Gasteiger partial charge on any atom is 0.258 e. The minimum absolute atomic E-state index is 0.146. The van der Waals surface area contributed by atoms with E-state index >= 15 is 0 Å². The van der Waals surface area contributed by atoms with Gasteiger partial charge < -0.3 is 4.98 Å². The molecule has 0 radical (unpaired) electrons. The first-order chi connectivity index (χ1) is 11.1. The fourth-order valence-electron chi connectivity index (χ4n) is 2.54. The molecule has 3 rings (SSSR count). The van der Waals surface area contributed by atoms with E-state index in [-0.39, 0.29) is 17.4 Å². The van der Waals surface area contributed by atoms with Gasteiger partial charge in [0.25, 0.3) is 5.56 Å². The molecule has 5 heteroatoms. The van der Waals surface area contributed by atoms with Gasteiger partial charge in [0, 0.05) is 12.1 Å². The number of benzene rings is 2. The van der Waals surface area contributed by atoms with Gasteiger partial charge in [-0.1, -0.05) is 30.3 Å². The van der Waals surface area contributed by atoms with Crippen LogP contribution in [0.2, 0.25) is 0 Å². The van der Waals surface area contributed by atoms with Crippen LogP contribution in [0.3, 0.4) is 0 Å². The largest absolute Gasteiger partial charge is 0.309 e. The summed E-state index contributed by atoms with van der Waals surface area (Å²) in [5, 5.41) is 0.570. The lowest BCUT2D eigenvalue weighted by atomic mass is 10.1. The van der Waals surface area contributed by atoms with Crippen molar-refractivity contribution in [1.82, 2.24) is 14.9 Å². The summed E-state index contributed by atoms with van der Waals surface area (Å²) in [7, 11) is 1.88. The molecule has 0 fully saturated rings. The minimum Gasteiger partial charge on any atom is -0.309 e. The number of rotatable bonds is 4. The topological polar surface area (TPSA) is 49.0 Å². The van der Waals surface area contributed by atoms with Gasteiger partial charge in [0.15, 0.2) is 0 Å². The molecule has 1 N–H and O–H groups in total. The van der Waals surface area contributed by atoms with Crippen LogP contribution in [-0.2, 0) is 6.54 Å². The average molecular weight is 311 g/mol. The van der Waals surface area contributed by atoms with E-state index in [1.54, 1.807) is 18.2 Å². The van der Waals surface area contributed by atoms with Crippen molar-refractivity contribution in [3.05, 3.63) is 76.1 Å². The van der Waals surface area contributed by atoms with Gasteiger partial charge in [0.1, 0.15) is 11.6 Å². The zero-order valence-corrected chi connectivity index (χ0v) is 13.1. The summed E-state index contributed by atoms with van der Waals surface area (Å²) in [5.74, 6) is 0.346. The molecule has 0 spiro atoms. The molecule has 1 unspecified atom stereocenters. The van der Waals surface area contributed by atoms with Crippen LogP contribution in [0.1, 0.15) is 24.4 Å². The summed E-state index contributed by atoms with van der Waals surface area (Å²) in [4.78, 5) is 21.5. The van der Waals surface area contributed by atoms with Crippen molar-refractivity contribution in [3.8, 4) is 0 Å². The Bertz CT molecular complexity index is 891. The van der Waals surface area contributed by atoms with Gasteiger partial charge in [-0.25, -0.2) is 9.37 Å². The molecule has 118 valence electrons. The zero-order valence-electron chi connectivity index (χ0n) is 13.1. The molecule has 23 heavy (non-hydrogen) atoms. The Balaban J connectivity index is 1.89. The number of halogens is 1. The van der Waals surface area contributed by atoms with Crippen molar-refractivity contribution in [3.63, 3.8) is 0 Å². The molecule has 1 atom stereocenters. The predicted octanol–water partition coefficient (Wildman–Crippen LogP) is 3.26. The van der Waals surface area contributed by atoms with Crippen molar-refractivity contribution in [2.75, 3.05) is 7.05 Å². The SMILES string of the molecule is CC(c1nc2ccccc2c(=O)[nH]1)N(C)Cc1ccccc1F. The molecule has 1 aromatic heterocycles. The van der Waals surface area contributed by atoms with Crippen molar-refractivity contribution < 1.29 is 4.39 Å². The monoisotopic (exact) mass is 311 g/mol. The molecule has 0 bridgehead atoms. The van der Waals surface area contributed by atoms with Crippen molar-refractivity contribution in [2.24, 2.45) is 0 Å². The lowest BCUT2D eigenvalue weighted by molar-refractivity contribution is 0.240. The number of fused-ring (bicyclic) bond motifs is 1. The molecule has 4 nitrogen and oxygen atoms in total. The van der Waals surface area contributed by atoms with Crippen molar-refractivity contribution >= 4 is 10.9 Å². The average Bonchev–Trinajstić information content (AvgIpc) is 2.56. The zero-order chi connectivity index (χ0) is 16.4. The molecule has 0 amide bonds. The Kier molecular flexibility index (Phi) is 4.21. The lowest BCUT2D eigenvalue weighted by Gasteiger charge is -2.24. The van der Waals surface area contributed by atoms with Crippen LogP contribution in [0.4, 0.5) is 4.39 Å². The highest BCUT2D eigenvalue weighted by Crippen LogP contribution is 2.19. The number of para-hydroxylation sites is 1. The predicted molar refractivity (Wildman–Crippen MR) is 88.6 cm³/mol. The number of aromatic nitrogens is 2. The molecular formula is C18H18FN3O. The molecule has 0 saturated heterocycles. The Labute approximate surface area is 133 Å². The van der Waals surface area contributed by atoms with Crippen LogP contribution in [0.5, 0.6) is 0 Å². The van der Waals surface area contributed by atoms with Crippen LogP contribution in [0, 0.1) is 5.82 Å². The van der Waals surface area contributed by atoms with E-state index in [9.17, 15) is 9.18 Å². The quantitative estimate of drug-likeness (QED) is 0.804. The molecule has 3 aromatic rings. The lowest BCUT2D eigenvalue weighted by Crippen LogP contribution is -2.26. The number of nitrogens with one attached hydrogen (secondary N) is 1. The van der Waals surface area contributed by atoms with Crippen LogP contribution in [-0.4, -0.2) is 21.9 Å². The summed E-state index contributed by atoms with van der Waals surface area (Å²) < 4.78 is 13.8. The van der Waals surface area contributed by atoms with E-state index in [2.05, 4.69) is 9.97 Å². The Hall–Kier alpha value is -2.53. The summed E-state index contributed by atoms with van der Waals surface area (Å²) >= 11 is 0. The third-order valence-electron chi connectivity index (χ3n) is 4.07. The van der Waals surface area contributed by atoms with Crippen LogP contribution < -0.4 is 5.56 Å². The number of H-pyrrole nitrogens is 1. The number of nitrogens with zero attached hydrogens (tertiary/aromatic N) is 2. The summed E-state index contributed by atoms with van der Waals surface area (Å²) in [6.07, 6.45) is 0. The van der Waals surface area contributed by atoms with Crippen LogP contribution in [0.15, 0.2) is 53.3 Å². The van der Waals surface area contributed by atoms with E-state index in [0.717, 1.165) is 0 Å². The molecule has 0 aliphatic carbocycles. The van der Waals surface area contributed by atoms with Gasteiger partial charge in [0.05, 0.1) is 16.9 Å². The first-order valence-electron chi connectivity index (χ1n) is 7.49. The summed E-state index contributed by atoms with van der Waals surface area (Å²) in [5.41, 5.74) is 1.12. The van der Waals surface area contributed by atoms with E-state index in [1.807, 2.05) is 43.1 Å². The molecule has 2 aromatic carbocycles. The second-order valence-electron chi connectivity index (χ2n) is 5.65. The molecule has 0 saturated carbocycles. The molecule has 0 aliphatic heterocycles. The highest BCUT2D eigenvalue weighted by Gasteiger charge is 2.17. The fraction of sp³-hybridized carbons (Fsp3) is 0.222. The number of hydrogen-bond donors (Lipinski definition) is 1. The van der Waals surface area contributed by atoms with E-state index in [0.29, 0.717) is 28.8 Å². The van der Waals surface area contributed by atoms with E-state index in [4.69, 9.17) is 0 Å². The Morgan fingerprint density at radius 3 is 2.65 bits per heavy atom. The van der Waals surface area contributed by atoms with E-state index < -0.39 is 0 Å². The molecular weight excluding hydrogens is 293 g/mol. The first-order valence-corrected chi connectivity index (χ1v) is 7.49. The smallest absolute Gasteiger partial charge is 0.258 e. The van der Waals surface area contributed by atoms with Crippen LogP contribution >= 0.6 is 0 Å². The Morgan fingerprint density at radius 2 is 1.87 bits per heavy atom. The first kappa shape index (κ1) is 15.4. The maximum absolute atomic E-state index is 13.8.